The lowest BCUT2D eigenvalue weighted by Gasteiger charge is -1.87. The predicted molar refractivity (Wildman–Crippen MR) is 52.2 cm³/mol. The molecule has 2 rings (SSSR count). The number of carbonyl (C=O) groups excluding carboxylic acids is 1. The lowest BCUT2D eigenvalue weighted by molar-refractivity contribution is 0.112. The van der Waals surface area contributed by atoms with Crippen molar-refractivity contribution in [1.29, 1.82) is 0 Å². The third kappa shape index (κ3) is 1.24. The second-order valence-corrected chi connectivity index (χ2v) is 4.00. The highest BCUT2D eigenvalue weighted by atomic mass is 35.5. The molecular weight excluding hydrogens is 192 g/mol. The molecule has 0 bridgehead atoms. The van der Waals surface area contributed by atoms with E-state index in [2.05, 4.69) is 0 Å². The topological polar surface area (TPSA) is 17.1 Å². The molecule has 0 spiro atoms. The van der Waals surface area contributed by atoms with Gasteiger partial charge < -0.3 is 0 Å². The van der Waals surface area contributed by atoms with Crippen molar-refractivity contribution in [2.75, 3.05) is 0 Å². The maximum atomic E-state index is 10.4. The number of thiophene rings is 1. The van der Waals surface area contributed by atoms with Crippen LogP contribution >= 0.6 is 22.9 Å². The van der Waals surface area contributed by atoms with Gasteiger partial charge in [0.05, 0.1) is 4.88 Å². The summed E-state index contributed by atoms with van der Waals surface area (Å²) in [5.41, 5.74) is 0. The van der Waals surface area contributed by atoms with Gasteiger partial charge in [0.2, 0.25) is 0 Å². The first-order chi connectivity index (χ1) is 5.79. The molecule has 0 unspecified atom stereocenters. The van der Waals surface area contributed by atoms with Gasteiger partial charge >= 0.3 is 0 Å². The molecule has 0 saturated carbocycles. The minimum absolute atomic E-state index is 0.710. The van der Waals surface area contributed by atoms with Gasteiger partial charge in [-0.2, -0.15) is 0 Å². The summed E-state index contributed by atoms with van der Waals surface area (Å²) < 4.78 is 1.06. The normalized spacial score (nSPS) is 10.4. The average Bonchev–Trinajstić information content (AvgIpc) is 2.46. The Morgan fingerprint density at radius 3 is 2.92 bits per heavy atom. The van der Waals surface area contributed by atoms with E-state index < -0.39 is 0 Å². The Morgan fingerprint density at radius 2 is 2.17 bits per heavy atom. The fourth-order valence-corrected chi connectivity index (χ4v) is 2.24. The van der Waals surface area contributed by atoms with Crippen molar-refractivity contribution in [2.45, 2.75) is 0 Å². The average molecular weight is 197 g/mol. The van der Waals surface area contributed by atoms with Crippen molar-refractivity contribution >= 4 is 39.3 Å². The number of halogens is 1. The Morgan fingerprint density at radius 1 is 1.33 bits per heavy atom. The summed E-state index contributed by atoms with van der Waals surface area (Å²) in [6.07, 6.45) is 0.860. The second-order valence-electron chi connectivity index (χ2n) is 2.45. The van der Waals surface area contributed by atoms with Crippen LogP contribution in [0.15, 0.2) is 24.3 Å². The zero-order chi connectivity index (χ0) is 8.55. The first kappa shape index (κ1) is 7.77. The van der Waals surface area contributed by atoms with Gasteiger partial charge in [-0.1, -0.05) is 17.7 Å². The Hall–Kier alpha value is -0.860. The molecule has 0 aliphatic carbocycles. The van der Waals surface area contributed by atoms with Gasteiger partial charge in [-0.15, -0.1) is 11.3 Å². The molecule has 0 aliphatic rings. The predicted octanol–water partition coefficient (Wildman–Crippen LogP) is 3.37. The summed E-state index contributed by atoms with van der Waals surface area (Å²) in [6, 6.07) is 7.48. The highest BCUT2D eigenvalue weighted by molar-refractivity contribution is 7.20. The van der Waals surface area contributed by atoms with E-state index in [1.807, 2.05) is 24.3 Å². The van der Waals surface area contributed by atoms with Crippen LogP contribution in [0.5, 0.6) is 0 Å². The molecule has 0 fully saturated rings. The molecule has 0 radical (unpaired) electrons. The zero-order valence-electron chi connectivity index (χ0n) is 6.08. The van der Waals surface area contributed by atoms with Crippen LogP contribution in [0.4, 0.5) is 0 Å². The lowest BCUT2D eigenvalue weighted by atomic mass is 10.2. The fraction of sp³-hybridized carbons (Fsp3) is 0. The smallest absolute Gasteiger partial charge is 0.160 e. The highest BCUT2D eigenvalue weighted by Crippen LogP contribution is 2.26. The van der Waals surface area contributed by atoms with Crippen molar-refractivity contribution in [3.63, 3.8) is 0 Å². The van der Waals surface area contributed by atoms with Crippen LogP contribution in [-0.4, -0.2) is 6.29 Å². The monoisotopic (exact) mass is 196 g/mol. The van der Waals surface area contributed by atoms with Gasteiger partial charge in [-0.05, 0) is 23.6 Å². The summed E-state index contributed by atoms with van der Waals surface area (Å²) in [6.45, 7) is 0. The van der Waals surface area contributed by atoms with Gasteiger partial charge in [-0.25, -0.2) is 0 Å². The molecule has 1 heterocycles. The third-order valence-corrected chi connectivity index (χ3v) is 2.88. The number of rotatable bonds is 1. The summed E-state index contributed by atoms with van der Waals surface area (Å²) in [7, 11) is 0. The van der Waals surface area contributed by atoms with Crippen molar-refractivity contribution in [1.82, 2.24) is 0 Å². The maximum Gasteiger partial charge on any atom is 0.160 e. The molecule has 3 heteroatoms. The van der Waals surface area contributed by atoms with Crippen LogP contribution in [0.2, 0.25) is 5.02 Å². The fourth-order valence-electron chi connectivity index (χ4n) is 1.08. The van der Waals surface area contributed by atoms with Crippen molar-refractivity contribution < 1.29 is 4.79 Å². The van der Waals surface area contributed by atoms with E-state index in [0.717, 1.165) is 21.2 Å². The zero-order valence-corrected chi connectivity index (χ0v) is 7.65. The number of hydrogen-bond acceptors (Lipinski definition) is 2. The summed E-state index contributed by atoms with van der Waals surface area (Å²) in [4.78, 5) is 11.2. The first-order valence-corrected chi connectivity index (χ1v) is 4.63. The number of aldehydes is 1. The van der Waals surface area contributed by atoms with Crippen LogP contribution in [0.25, 0.3) is 10.1 Å². The second kappa shape index (κ2) is 2.88. The Labute approximate surface area is 78.6 Å². The van der Waals surface area contributed by atoms with Crippen LogP contribution < -0.4 is 0 Å². The Bertz CT molecular complexity index is 433. The number of benzene rings is 1. The number of fused-ring (bicyclic) bond motifs is 1. The number of carbonyl (C=O) groups is 1. The van der Waals surface area contributed by atoms with Gasteiger partial charge in [0.1, 0.15) is 0 Å². The molecule has 12 heavy (non-hydrogen) atoms. The lowest BCUT2D eigenvalue weighted by Crippen LogP contribution is -1.63. The molecule has 60 valence electrons. The van der Waals surface area contributed by atoms with Gasteiger partial charge in [0.15, 0.2) is 6.29 Å². The Kier molecular flexibility index (Phi) is 1.87. The Balaban J connectivity index is 2.75. The van der Waals surface area contributed by atoms with E-state index in [1.54, 1.807) is 0 Å². The molecule has 2 aromatic rings. The highest BCUT2D eigenvalue weighted by Gasteiger charge is 2.00. The molecule has 1 nitrogen and oxygen atoms in total. The first-order valence-electron chi connectivity index (χ1n) is 3.44. The maximum absolute atomic E-state index is 10.4. The van der Waals surface area contributed by atoms with Gasteiger partial charge in [0, 0.05) is 9.72 Å². The quantitative estimate of drug-likeness (QED) is 0.640. The van der Waals surface area contributed by atoms with Crippen LogP contribution in [0.1, 0.15) is 9.67 Å². The molecule has 0 N–H and O–H groups in total. The summed E-state index contributed by atoms with van der Waals surface area (Å²) >= 11 is 7.25. The standard InChI is InChI=1S/C9H5ClOS/c10-7-2-1-6-3-8(5-11)12-9(6)4-7/h1-5H. The van der Waals surface area contributed by atoms with E-state index in [4.69, 9.17) is 11.6 Å². The van der Waals surface area contributed by atoms with E-state index >= 15 is 0 Å². The summed E-state index contributed by atoms with van der Waals surface area (Å²) in [5.74, 6) is 0. The van der Waals surface area contributed by atoms with Crippen LogP contribution in [0.3, 0.4) is 0 Å². The van der Waals surface area contributed by atoms with Gasteiger partial charge in [-0.3, -0.25) is 4.79 Å². The van der Waals surface area contributed by atoms with Crippen LogP contribution in [-0.2, 0) is 0 Å². The van der Waals surface area contributed by atoms with E-state index in [0.29, 0.717) is 5.02 Å². The minimum Gasteiger partial charge on any atom is -0.297 e. The molecule has 0 saturated heterocycles. The van der Waals surface area contributed by atoms with Gasteiger partial charge in [0.25, 0.3) is 0 Å². The van der Waals surface area contributed by atoms with E-state index in [9.17, 15) is 4.79 Å². The van der Waals surface area contributed by atoms with Crippen molar-refractivity contribution in [2.24, 2.45) is 0 Å². The molecular formula is C9H5ClOS. The third-order valence-electron chi connectivity index (χ3n) is 1.62. The number of hydrogen-bond donors (Lipinski definition) is 0. The SMILES string of the molecule is O=Cc1cc2ccc(Cl)cc2s1. The molecule has 0 aliphatic heterocycles. The molecule has 0 amide bonds. The molecule has 1 aromatic heterocycles. The van der Waals surface area contributed by atoms with E-state index in [-0.39, 0.29) is 0 Å². The van der Waals surface area contributed by atoms with Crippen molar-refractivity contribution in [3.05, 3.63) is 34.2 Å². The molecule has 1 aromatic carbocycles. The largest absolute Gasteiger partial charge is 0.297 e. The summed E-state index contributed by atoms with van der Waals surface area (Å²) in [5, 5.41) is 1.79. The van der Waals surface area contributed by atoms with Crippen LogP contribution in [0, 0.1) is 0 Å². The minimum atomic E-state index is 0.710. The molecule has 0 atom stereocenters. The van der Waals surface area contributed by atoms with Crippen molar-refractivity contribution in [3.8, 4) is 0 Å². The van der Waals surface area contributed by atoms with E-state index in [1.165, 1.54) is 11.3 Å².